The van der Waals surface area contributed by atoms with Crippen molar-refractivity contribution >= 4 is 51.2 Å². The van der Waals surface area contributed by atoms with Gasteiger partial charge in [-0.05, 0) is 37.5 Å². The Bertz CT molecular complexity index is 906. The number of aliphatic carboxylic acids is 1. The monoisotopic (exact) mass is 570 g/mol. The summed E-state index contributed by atoms with van der Waals surface area (Å²) in [7, 11) is 2.99. The molecule has 4 atom stereocenters. The highest BCUT2D eigenvalue weighted by Crippen LogP contribution is 2.24. The molecule has 10 nitrogen and oxygen atoms in total. The third kappa shape index (κ3) is 11.9. The lowest BCUT2D eigenvalue weighted by Crippen LogP contribution is -2.56. The van der Waals surface area contributed by atoms with Gasteiger partial charge in [-0.15, -0.1) is 0 Å². The van der Waals surface area contributed by atoms with E-state index in [9.17, 15) is 29.1 Å². The molecule has 4 amide bonds. The summed E-state index contributed by atoms with van der Waals surface area (Å²) in [6.45, 7) is 10.5. The molecular weight excluding hydrogens is 528 g/mol. The second-order valence-electron chi connectivity index (χ2n) is 9.91. The molecule has 1 aliphatic rings. The summed E-state index contributed by atoms with van der Waals surface area (Å²) in [5.41, 5.74) is -0.117. The van der Waals surface area contributed by atoms with Crippen molar-refractivity contribution < 1.29 is 29.1 Å². The molecule has 0 bridgehead atoms. The topological polar surface area (TPSA) is 154 Å². The van der Waals surface area contributed by atoms with Crippen LogP contribution in [0.5, 0.6) is 0 Å². The molecule has 12 heteroatoms. The summed E-state index contributed by atoms with van der Waals surface area (Å²) in [5, 5.41) is 19.9. The standard InChI is InChI=1S/C26H42N4O6S2/c1-7-18(23(32)30-22(16(4)5)26(35)36)27-24(33)19-14-38-37-13-9-8-10-17(6)11-12-20(31)29-21(15(2)3)25(34)28-19/h7-8,10,15-17,19,21-22H,9,11-14H2,1-6H3,(H,27,33)(H,28,34)(H,29,31)(H,30,32)(H,35,36)/b10-8+,18-7-/t17-,19-,21-,22+/m1/s1. The summed E-state index contributed by atoms with van der Waals surface area (Å²) in [6, 6.07) is -2.96. The van der Waals surface area contributed by atoms with Crippen molar-refractivity contribution in [2.24, 2.45) is 17.8 Å². The number of carbonyl (C=O) groups excluding carboxylic acids is 4. The van der Waals surface area contributed by atoms with Crippen LogP contribution in [0.4, 0.5) is 0 Å². The number of hydrogen-bond acceptors (Lipinski definition) is 7. The SMILES string of the molecule is C/C=C(\NC(=O)[C@H]1CSSCC/C=C/[C@@H](C)CCC(=O)N[C@H](C(C)C)C(=O)N1)C(=O)N[C@H](C(=O)O)C(C)C. The van der Waals surface area contributed by atoms with Crippen LogP contribution in [0.1, 0.15) is 60.8 Å². The van der Waals surface area contributed by atoms with Crippen LogP contribution in [0.15, 0.2) is 23.9 Å². The zero-order valence-electron chi connectivity index (χ0n) is 23.0. The van der Waals surface area contributed by atoms with E-state index in [4.69, 9.17) is 0 Å². The molecule has 0 aliphatic carbocycles. The average Bonchev–Trinajstić information content (AvgIpc) is 2.84. The normalized spacial score (nSPS) is 24.2. The molecule has 0 aromatic rings. The maximum absolute atomic E-state index is 13.2. The number of allylic oxidation sites excluding steroid dienone is 3. The van der Waals surface area contributed by atoms with Gasteiger partial charge in [-0.3, -0.25) is 19.2 Å². The second kappa shape index (κ2) is 17.2. The third-order valence-electron chi connectivity index (χ3n) is 5.89. The first kappa shape index (κ1) is 33.6. The lowest BCUT2D eigenvalue weighted by Gasteiger charge is -2.26. The van der Waals surface area contributed by atoms with Crippen molar-refractivity contribution in [2.75, 3.05) is 11.5 Å². The van der Waals surface area contributed by atoms with Gasteiger partial charge in [0.05, 0.1) is 0 Å². The predicted molar refractivity (Wildman–Crippen MR) is 152 cm³/mol. The number of carboxylic acid groups (broad SMARTS) is 1. The first-order valence-corrected chi connectivity index (χ1v) is 15.4. The van der Waals surface area contributed by atoms with Crippen molar-refractivity contribution in [1.29, 1.82) is 0 Å². The summed E-state index contributed by atoms with van der Waals surface area (Å²) in [6.07, 6.45) is 7.32. The maximum atomic E-state index is 13.2. The second-order valence-corrected chi connectivity index (χ2v) is 12.5. The van der Waals surface area contributed by atoms with Crippen LogP contribution in [0.3, 0.4) is 0 Å². The minimum atomic E-state index is -1.18. The lowest BCUT2D eigenvalue weighted by atomic mass is 10.0. The van der Waals surface area contributed by atoms with Crippen molar-refractivity contribution in [3.05, 3.63) is 23.9 Å². The first-order chi connectivity index (χ1) is 17.9. The van der Waals surface area contributed by atoms with Crippen LogP contribution < -0.4 is 21.3 Å². The molecule has 214 valence electrons. The van der Waals surface area contributed by atoms with Crippen molar-refractivity contribution in [3.63, 3.8) is 0 Å². The lowest BCUT2D eigenvalue weighted by molar-refractivity contribution is -0.142. The van der Waals surface area contributed by atoms with Crippen molar-refractivity contribution in [2.45, 2.75) is 78.9 Å². The van der Waals surface area contributed by atoms with Gasteiger partial charge in [0.15, 0.2) is 0 Å². The minimum Gasteiger partial charge on any atom is -0.480 e. The van der Waals surface area contributed by atoms with Gasteiger partial charge in [-0.1, -0.05) is 74.4 Å². The van der Waals surface area contributed by atoms with E-state index in [-0.39, 0.29) is 41.5 Å². The quantitative estimate of drug-likeness (QED) is 0.178. The van der Waals surface area contributed by atoms with Gasteiger partial charge in [0.25, 0.3) is 5.91 Å². The highest BCUT2D eigenvalue weighted by atomic mass is 33.1. The number of rotatable bonds is 7. The Kier molecular flexibility index (Phi) is 15.2. The molecule has 0 saturated heterocycles. The van der Waals surface area contributed by atoms with Crippen LogP contribution in [-0.4, -0.2) is 64.3 Å². The molecule has 0 saturated carbocycles. The molecular formula is C26H42N4O6S2. The minimum absolute atomic E-state index is 0.117. The fourth-order valence-electron chi connectivity index (χ4n) is 3.51. The predicted octanol–water partition coefficient (Wildman–Crippen LogP) is 2.62. The van der Waals surface area contributed by atoms with Crippen molar-refractivity contribution in [3.8, 4) is 0 Å². The van der Waals surface area contributed by atoms with E-state index in [0.29, 0.717) is 6.42 Å². The van der Waals surface area contributed by atoms with Crippen LogP contribution in [0.2, 0.25) is 0 Å². The summed E-state index contributed by atoms with van der Waals surface area (Å²) in [4.78, 5) is 63.1. The first-order valence-electron chi connectivity index (χ1n) is 12.9. The van der Waals surface area contributed by atoms with E-state index in [0.717, 1.165) is 12.2 Å². The van der Waals surface area contributed by atoms with E-state index >= 15 is 0 Å². The molecule has 0 unspecified atom stereocenters. The highest BCUT2D eigenvalue weighted by molar-refractivity contribution is 8.76. The molecule has 1 aliphatic heterocycles. The fraction of sp³-hybridized carbons (Fsp3) is 0.654. The van der Waals surface area contributed by atoms with E-state index in [1.54, 1.807) is 31.6 Å². The number of nitrogens with one attached hydrogen (secondary N) is 4. The van der Waals surface area contributed by atoms with Crippen LogP contribution in [0.25, 0.3) is 0 Å². The Morgan fingerprint density at radius 2 is 1.82 bits per heavy atom. The third-order valence-corrected chi connectivity index (χ3v) is 8.33. The van der Waals surface area contributed by atoms with Gasteiger partial charge in [-0.2, -0.15) is 0 Å². The zero-order chi connectivity index (χ0) is 28.8. The van der Waals surface area contributed by atoms with Crippen LogP contribution >= 0.6 is 21.6 Å². The largest absolute Gasteiger partial charge is 0.480 e. The van der Waals surface area contributed by atoms with E-state index in [2.05, 4.69) is 40.3 Å². The Morgan fingerprint density at radius 1 is 1.13 bits per heavy atom. The Morgan fingerprint density at radius 3 is 2.39 bits per heavy atom. The van der Waals surface area contributed by atoms with Gasteiger partial charge in [0.1, 0.15) is 23.8 Å². The summed E-state index contributed by atoms with van der Waals surface area (Å²) < 4.78 is 0. The highest BCUT2D eigenvalue weighted by Gasteiger charge is 2.31. The summed E-state index contributed by atoms with van der Waals surface area (Å²) >= 11 is 0. The Hall–Kier alpha value is -2.47. The smallest absolute Gasteiger partial charge is 0.326 e. The molecule has 1 heterocycles. The Labute approximate surface area is 233 Å². The molecule has 0 aromatic heterocycles. The van der Waals surface area contributed by atoms with Gasteiger partial charge in [-0.25, -0.2) is 4.79 Å². The van der Waals surface area contributed by atoms with E-state index in [1.165, 1.54) is 16.9 Å². The van der Waals surface area contributed by atoms with Gasteiger partial charge >= 0.3 is 5.97 Å². The van der Waals surface area contributed by atoms with Gasteiger partial charge in [0, 0.05) is 17.9 Å². The maximum Gasteiger partial charge on any atom is 0.326 e. The van der Waals surface area contributed by atoms with Crippen molar-refractivity contribution in [1.82, 2.24) is 21.3 Å². The molecule has 0 fully saturated rings. The number of amides is 4. The fourth-order valence-corrected chi connectivity index (χ4v) is 5.67. The summed E-state index contributed by atoms with van der Waals surface area (Å²) in [5.74, 6) is -2.57. The van der Waals surface area contributed by atoms with Gasteiger partial charge < -0.3 is 26.4 Å². The van der Waals surface area contributed by atoms with Gasteiger partial charge in [0.2, 0.25) is 17.7 Å². The molecule has 0 spiro atoms. The zero-order valence-corrected chi connectivity index (χ0v) is 24.7. The Balaban J connectivity index is 3.07. The number of carboxylic acids is 1. The van der Waals surface area contributed by atoms with Crippen LogP contribution in [-0.2, 0) is 24.0 Å². The molecule has 1 rings (SSSR count). The van der Waals surface area contributed by atoms with E-state index in [1.807, 2.05) is 13.8 Å². The van der Waals surface area contributed by atoms with Crippen LogP contribution in [0, 0.1) is 17.8 Å². The molecule has 38 heavy (non-hydrogen) atoms. The average molecular weight is 571 g/mol. The number of carbonyl (C=O) groups is 5. The molecule has 0 aromatic carbocycles. The molecule has 0 radical (unpaired) electrons. The van der Waals surface area contributed by atoms with E-state index < -0.39 is 41.8 Å². The number of hydrogen-bond donors (Lipinski definition) is 5. The molecule has 5 N–H and O–H groups in total.